The third-order valence-corrected chi connectivity index (χ3v) is 2.30. The molecule has 18 heavy (non-hydrogen) atoms. The van der Waals surface area contributed by atoms with Crippen molar-refractivity contribution < 1.29 is 4.79 Å². The van der Waals surface area contributed by atoms with Crippen LogP contribution in [0.5, 0.6) is 0 Å². The predicted octanol–water partition coefficient (Wildman–Crippen LogP) is 0.433. The maximum absolute atomic E-state index is 11.3. The molecule has 0 saturated carbocycles. The van der Waals surface area contributed by atoms with Crippen molar-refractivity contribution in [2.24, 2.45) is 0 Å². The summed E-state index contributed by atoms with van der Waals surface area (Å²) in [5, 5.41) is 10.7. The number of carbonyl (C=O) groups is 1. The van der Waals surface area contributed by atoms with Crippen molar-refractivity contribution in [2.75, 3.05) is 14.1 Å². The Hall–Kier alpha value is -2.44. The highest BCUT2D eigenvalue weighted by molar-refractivity contribution is 5.73. The molecule has 94 valence electrons. The van der Waals surface area contributed by atoms with Gasteiger partial charge in [0.25, 0.3) is 0 Å². The van der Waals surface area contributed by atoms with Gasteiger partial charge in [0.15, 0.2) is 0 Å². The Kier molecular flexibility index (Phi) is 3.52. The summed E-state index contributed by atoms with van der Waals surface area (Å²) in [5.41, 5.74) is 1.57. The molecule has 0 atom stereocenters. The summed E-state index contributed by atoms with van der Waals surface area (Å²) >= 11 is 0. The fourth-order valence-electron chi connectivity index (χ4n) is 1.33. The fourth-order valence-corrected chi connectivity index (χ4v) is 1.33. The summed E-state index contributed by atoms with van der Waals surface area (Å²) in [6.45, 7) is 0.349. The Labute approximate surface area is 104 Å². The Morgan fingerprint density at radius 2 is 2.11 bits per heavy atom. The number of nitrogens with zero attached hydrogens (tertiary/aromatic N) is 5. The third-order valence-electron chi connectivity index (χ3n) is 2.30. The number of amides is 2. The molecule has 0 aliphatic heterocycles. The molecule has 0 aliphatic rings. The van der Waals surface area contributed by atoms with Gasteiger partial charge < -0.3 is 10.2 Å². The number of nitrogens with one attached hydrogen (secondary N) is 1. The molecule has 2 aromatic heterocycles. The largest absolute Gasteiger partial charge is 0.332 e. The number of pyridine rings is 1. The molecule has 7 nitrogen and oxygen atoms in total. The second-order valence-electron chi connectivity index (χ2n) is 3.91. The van der Waals surface area contributed by atoms with E-state index >= 15 is 0 Å². The van der Waals surface area contributed by atoms with Crippen LogP contribution >= 0.6 is 0 Å². The SMILES string of the molecule is CN(C)C(=O)NCc1cn(-c2ccncc2)nn1. The minimum atomic E-state index is -0.159. The molecule has 2 rings (SSSR count). The van der Waals surface area contributed by atoms with E-state index < -0.39 is 0 Å². The first kappa shape index (κ1) is 12.0. The molecule has 1 N–H and O–H groups in total. The highest BCUT2D eigenvalue weighted by Crippen LogP contribution is 2.04. The van der Waals surface area contributed by atoms with Gasteiger partial charge in [-0.15, -0.1) is 5.10 Å². The van der Waals surface area contributed by atoms with Crippen LogP contribution in [0.1, 0.15) is 5.69 Å². The van der Waals surface area contributed by atoms with Crippen molar-refractivity contribution in [1.82, 2.24) is 30.2 Å². The molecule has 0 aromatic carbocycles. The molecule has 2 heterocycles. The van der Waals surface area contributed by atoms with Crippen LogP contribution in [0, 0.1) is 0 Å². The van der Waals surface area contributed by atoms with Gasteiger partial charge in [0.05, 0.1) is 18.4 Å². The van der Waals surface area contributed by atoms with Gasteiger partial charge >= 0.3 is 6.03 Å². The minimum absolute atomic E-state index is 0.159. The van der Waals surface area contributed by atoms with E-state index in [4.69, 9.17) is 0 Å². The third kappa shape index (κ3) is 2.82. The van der Waals surface area contributed by atoms with E-state index in [9.17, 15) is 4.79 Å². The van der Waals surface area contributed by atoms with Crippen LogP contribution in [0.25, 0.3) is 5.69 Å². The lowest BCUT2D eigenvalue weighted by atomic mass is 10.4. The maximum atomic E-state index is 11.3. The smallest absolute Gasteiger partial charge is 0.317 e. The normalized spacial score (nSPS) is 10.1. The zero-order valence-electron chi connectivity index (χ0n) is 10.2. The first-order valence-corrected chi connectivity index (χ1v) is 5.43. The number of hydrogen-bond acceptors (Lipinski definition) is 4. The van der Waals surface area contributed by atoms with Crippen molar-refractivity contribution in [3.05, 3.63) is 36.4 Å². The molecule has 2 aromatic rings. The van der Waals surface area contributed by atoms with E-state index in [0.717, 1.165) is 5.69 Å². The summed E-state index contributed by atoms with van der Waals surface area (Å²) < 4.78 is 1.64. The van der Waals surface area contributed by atoms with E-state index in [1.165, 1.54) is 4.90 Å². The van der Waals surface area contributed by atoms with Crippen LogP contribution < -0.4 is 5.32 Å². The molecule has 0 radical (unpaired) electrons. The highest BCUT2D eigenvalue weighted by atomic mass is 16.2. The zero-order valence-corrected chi connectivity index (χ0v) is 10.2. The van der Waals surface area contributed by atoms with E-state index in [2.05, 4.69) is 20.6 Å². The van der Waals surface area contributed by atoms with Gasteiger partial charge in [-0.3, -0.25) is 4.98 Å². The van der Waals surface area contributed by atoms with Crippen LogP contribution in [0.4, 0.5) is 4.79 Å². The summed E-state index contributed by atoms with van der Waals surface area (Å²) in [4.78, 5) is 16.7. The second kappa shape index (κ2) is 5.26. The lowest BCUT2D eigenvalue weighted by molar-refractivity contribution is 0.217. The monoisotopic (exact) mass is 246 g/mol. The standard InChI is InChI=1S/C11H14N6O/c1-16(2)11(18)13-7-9-8-17(15-14-9)10-3-5-12-6-4-10/h3-6,8H,7H2,1-2H3,(H,13,18). The molecule has 7 heteroatoms. The number of urea groups is 1. The molecular formula is C11H14N6O. The van der Waals surface area contributed by atoms with Crippen LogP contribution in [0.3, 0.4) is 0 Å². The molecule has 0 unspecified atom stereocenters. The lowest BCUT2D eigenvalue weighted by Gasteiger charge is -2.10. The highest BCUT2D eigenvalue weighted by Gasteiger charge is 2.06. The minimum Gasteiger partial charge on any atom is -0.332 e. The van der Waals surface area contributed by atoms with Crippen LogP contribution in [0.15, 0.2) is 30.7 Å². The topological polar surface area (TPSA) is 75.9 Å². The first-order valence-electron chi connectivity index (χ1n) is 5.43. The first-order chi connectivity index (χ1) is 8.66. The Morgan fingerprint density at radius 3 is 2.78 bits per heavy atom. The van der Waals surface area contributed by atoms with Crippen LogP contribution in [-0.2, 0) is 6.54 Å². The Morgan fingerprint density at radius 1 is 1.39 bits per heavy atom. The summed E-state index contributed by atoms with van der Waals surface area (Å²) in [6.07, 6.45) is 5.14. The van der Waals surface area contributed by atoms with Gasteiger partial charge in [-0.25, -0.2) is 9.48 Å². The van der Waals surface area contributed by atoms with Gasteiger partial charge in [-0.2, -0.15) is 0 Å². The van der Waals surface area contributed by atoms with E-state index in [1.807, 2.05) is 12.1 Å². The number of hydrogen-bond donors (Lipinski definition) is 1. The van der Waals surface area contributed by atoms with Crippen molar-refractivity contribution in [3.8, 4) is 5.69 Å². The van der Waals surface area contributed by atoms with Gasteiger partial charge in [-0.05, 0) is 12.1 Å². The number of aromatic nitrogens is 4. The van der Waals surface area contributed by atoms with Crippen LogP contribution in [-0.4, -0.2) is 45.0 Å². The molecular weight excluding hydrogens is 232 g/mol. The van der Waals surface area contributed by atoms with E-state index in [0.29, 0.717) is 12.2 Å². The van der Waals surface area contributed by atoms with Gasteiger partial charge in [0, 0.05) is 26.5 Å². The molecule has 0 aliphatic carbocycles. The van der Waals surface area contributed by atoms with Crippen molar-refractivity contribution >= 4 is 6.03 Å². The molecule has 0 bridgehead atoms. The quantitative estimate of drug-likeness (QED) is 0.852. The van der Waals surface area contributed by atoms with Crippen molar-refractivity contribution in [3.63, 3.8) is 0 Å². The Balaban J connectivity index is 2.01. The summed E-state index contributed by atoms with van der Waals surface area (Å²) in [6, 6.07) is 3.50. The molecule has 2 amide bonds. The van der Waals surface area contributed by atoms with Gasteiger partial charge in [0.1, 0.15) is 5.69 Å². The summed E-state index contributed by atoms with van der Waals surface area (Å²) in [5.74, 6) is 0. The predicted molar refractivity (Wildman–Crippen MR) is 65.1 cm³/mol. The zero-order chi connectivity index (χ0) is 13.0. The fraction of sp³-hybridized carbons (Fsp3) is 0.273. The average Bonchev–Trinajstić information content (AvgIpc) is 2.85. The lowest BCUT2D eigenvalue weighted by Crippen LogP contribution is -2.34. The number of rotatable bonds is 3. The average molecular weight is 246 g/mol. The molecule has 0 saturated heterocycles. The van der Waals surface area contributed by atoms with E-state index in [-0.39, 0.29) is 6.03 Å². The van der Waals surface area contributed by atoms with Crippen molar-refractivity contribution in [1.29, 1.82) is 0 Å². The molecule has 0 spiro atoms. The van der Waals surface area contributed by atoms with Gasteiger partial charge in [0.2, 0.25) is 0 Å². The van der Waals surface area contributed by atoms with E-state index in [1.54, 1.807) is 37.4 Å². The molecule has 0 fully saturated rings. The number of carbonyl (C=O) groups excluding carboxylic acids is 1. The van der Waals surface area contributed by atoms with Crippen molar-refractivity contribution in [2.45, 2.75) is 6.54 Å². The second-order valence-corrected chi connectivity index (χ2v) is 3.91. The van der Waals surface area contributed by atoms with Gasteiger partial charge in [-0.1, -0.05) is 5.21 Å². The Bertz CT molecular complexity index is 521. The summed E-state index contributed by atoms with van der Waals surface area (Å²) in [7, 11) is 3.37. The maximum Gasteiger partial charge on any atom is 0.317 e. The van der Waals surface area contributed by atoms with Crippen LogP contribution in [0.2, 0.25) is 0 Å².